The quantitative estimate of drug-likeness (QED) is 0.173. The molecule has 0 aromatic carbocycles. The Bertz CT molecular complexity index is 238. The summed E-state index contributed by atoms with van der Waals surface area (Å²) in [7, 11) is 0. The average molecular weight is 369 g/mol. The highest BCUT2D eigenvalue weighted by atomic mass is 16.5. The van der Waals surface area contributed by atoms with Crippen LogP contribution in [0.4, 0.5) is 0 Å². The normalized spacial score (nSPS) is 12.6. The number of rotatable bonds is 22. The fourth-order valence-electron chi connectivity index (χ4n) is 3.80. The highest BCUT2D eigenvalue weighted by Gasteiger charge is 2.09. The molecule has 0 heterocycles. The van der Waals surface area contributed by atoms with Gasteiger partial charge in [0, 0.05) is 13.2 Å². The molecule has 0 aliphatic rings. The molecule has 1 heteroatoms. The fourth-order valence-corrected chi connectivity index (χ4v) is 3.80. The van der Waals surface area contributed by atoms with E-state index >= 15 is 0 Å². The zero-order chi connectivity index (χ0) is 19.1. The Morgan fingerprint density at radius 1 is 0.462 bits per heavy atom. The van der Waals surface area contributed by atoms with E-state index in [0.29, 0.717) is 0 Å². The molecular formula is C25H52O. The van der Waals surface area contributed by atoms with E-state index in [1.54, 1.807) is 0 Å². The van der Waals surface area contributed by atoms with E-state index in [9.17, 15) is 0 Å². The van der Waals surface area contributed by atoms with Gasteiger partial charge in [-0.2, -0.15) is 0 Å². The van der Waals surface area contributed by atoms with Crippen molar-refractivity contribution in [1.82, 2.24) is 0 Å². The van der Waals surface area contributed by atoms with Crippen molar-refractivity contribution in [3.63, 3.8) is 0 Å². The van der Waals surface area contributed by atoms with E-state index in [-0.39, 0.29) is 0 Å². The van der Waals surface area contributed by atoms with Crippen molar-refractivity contribution in [3.8, 4) is 0 Å². The Labute approximate surface area is 167 Å². The van der Waals surface area contributed by atoms with Crippen LogP contribution in [-0.2, 0) is 4.74 Å². The van der Waals surface area contributed by atoms with Gasteiger partial charge in [0.15, 0.2) is 0 Å². The molecule has 0 rings (SSSR count). The first-order valence-corrected chi connectivity index (χ1v) is 12.4. The summed E-state index contributed by atoms with van der Waals surface area (Å²) < 4.78 is 6.02. The number of hydrogen-bond acceptors (Lipinski definition) is 1. The lowest BCUT2D eigenvalue weighted by molar-refractivity contribution is 0.0881. The SMILES string of the molecule is CCCCCCCCCCC(CCCCCCCC)COCCCCC. The average Bonchev–Trinajstić information content (AvgIpc) is 2.65. The van der Waals surface area contributed by atoms with Crippen LogP contribution in [0.15, 0.2) is 0 Å². The van der Waals surface area contributed by atoms with Crippen LogP contribution in [0.25, 0.3) is 0 Å². The Morgan fingerprint density at radius 3 is 1.31 bits per heavy atom. The van der Waals surface area contributed by atoms with Crippen molar-refractivity contribution in [2.45, 2.75) is 143 Å². The molecule has 0 spiro atoms. The third kappa shape index (κ3) is 20.3. The maximum absolute atomic E-state index is 6.02. The first-order valence-electron chi connectivity index (χ1n) is 12.4. The van der Waals surface area contributed by atoms with Gasteiger partial charge in [-0.25, -0.2) is 0 Å². The van der Waals surface area contributed by atoms with E-state index in [0.717, 1.165) is 19.1 Å². The van der Waals surface area contributed by atoms with Crippen molar-refractivity contribution in [2.75, 3.05) is 13.2 Å². The lowest BCUT2D eigenvalue weighted by atomic mass is 9.94. The number of ether oxygens (including phenoxy) is 1. The van der Waals surface area contributed by atoms with E-state index in [2.05, 4.69) is 20.8 Å². The first kappa shape index (κ1) is 26.0. The molecule has 0 saturated carbocycles. The van der Waals surface area contributed by atoms with Crippen LogP contribution in [0.2, 0.25) is 0 Å². The van der Waals surface area contributed by atoms with E-state index < -0.39 is 0 Å². The summed E-state index contributed by atoms with van der Waals surface area (Å²) >= 11 is 0. The van der Waals surface area contributed by atoms with Crippen molar-refractivity contribution in [1.29, 1.82) is 0 Å². The van der Waals surface area contributed by atoms with Gasteiger partial charge in [-0.1, -0.05) is 124 Å². The second-order valence-electron chi connectivity index (χ2n) is 8.47. The monoisotopic (exact) mass is 368 g/mol. The van der Waals surface area contributed by atoms with Crippen LogP contribution in [0.3, 0.4) is 0 Å². The molecule has 0 aromatic heterocycles. The van der Waals surface area contributed by atoms with Gasteiger partial charge >= 0.3 is 0 Å². The second kappa shape index (κ2) is 23.0. The van der Waals surface area contributed by atoms with E-state index in [1.807, 2.05) is 0 Å². The van der Waals surface area contributed by atoms with Gasteiger partial charge in [0.05, 0.1) is 0 Å². The number of hydrogen-bond donors (Lipinski definition) is 0. The molecule has 0 aliphatic carbocycles. The van der Waals surface area contributed by atoms with Crippen molar-refractivity contribution < 1.29 is 4.74 Å². The molecular weight excluding hydrogens is 316 g/mol. The minimum atomic E-state index is 0.822. The molecule has 0 saturated heterocycles. The van der Waals surface area contributed by atoms with Gasteiger partial charge in [-0.05, 0) is 25.2 Å². The summed E-state index contributed by atoms with van der Waals surface area (Å²) in [5.41, 5.74) is 0. The number of unbranched alkanes of at least 4 members (excludes halogenated alkanes) is 14. The molecule has 1 nitrogen and oxygen atoms in total. The fraction of sp³-hybridized carbons (Fsp3) is 1.00. The molecule has 0 bridgehead atoms. The van der Waals surface area contributed by atoms with Gasteiger partial charge < -0.3 is 4.74 Å². The standard InChI is InChI=1S/C25H52O/c1-4-7-10-12-14-15-17-19-22-25(24-26-23-20-9-6-3)21-18-16-13-11-8-5-2/h25H,4-24H2,1-3H3. The predicted octanol–water partition coefficient (Wildman–Crippen LogP) is 9.09. The van der Waals surface area contributed by atoms with Crippen LogP contribution in [0.5, 0.6) is 0 Å². The largest absolute Gasteiger partial charge is 0.381 e. The molecule has 0 aliphatic heterocycles. The highest BCUT2D eigenvalue weighted by molar-refractivity contribution is 4.61. The minimum absolute atomic E-state index is 0.822. The Hall–Kier alpha value is -0.0400. The van der Waals surface area contributed by atoms with Gasteiger partial charge in [0.1, 0.15) is 0 Å². The summed E-state index contributed by atoms with van der Waals surface area (Å²) in [5.74, 6) is 0.822. The van der Waals surface area contributed by atoms with Gasteiger partial charge in [0.2, 0.25) is 0 Å². The van der Waals surface area contributed by atoms with Gasteiger partial charge in [0.25, 0.3) is 0 Å². The summed E-state index contributed by atoms with van der Waals surface area (Å²) in [6, 6.07) is 0. The topological polar surface area (TPSA) is 9.23 Å². The minimum Gasteiger partial charge on any atom is -0.381 e. The van der Waals surface area contributed by atoms with Crippen LogP contribution < -0.4 is 0 Å². The zero-order valence-electron chi connectivity index (χ0n) is 18.8. The van der Waals surface area contributed by atoms with Crippen molar-refractivity contribution in [3.05, 3.63) is 0 Å². The van der Waals surface area contributed by atoms with E-state index in [4.69, 9.17) is 4.74 Å². The van der Waals surface area contributed by atoms with Gasteiger partial charge in [-0.15, -0.1) is 0 Å². The summed E-state index contributed by atoms with van der Waals surface area (Å²) in [6.07, 6.45) is 26.6. The molecule has 1 atom stereocenters. The van der Waals surface area contributed by atoms with E-state index in [1.165, 1.54) is 122 Å². The zero-order valence-corrected chi connectivity index (χ0v) is 18.8. The van der Waals surface area contributed by atoms with Crippen LogP contribution >= 0.6 is 0 Å². The lowest BCUT2D eigenvalue weighted by Gasteiger charge is -2.17. The van der Waals surface area contributed by atoms with Crippen LogP contribution in [0, 0.1) is 5.92 Å². The predicted molar refractivity (Wildman–Crippen MR) is 119 cm³/mol. The maximum atomic E-state index is 6.02. The van der Waals surface area contributed by atoms with Crippen LogP contribution in [-0.4, -0.2) is 13.2 Å². The van der Waals surface area contributed by atoms with Crippen molar-refractivity contribution in [2.24, 2.45) is 5.92 Å². The first-order chi connectivity index (χ1) is 12.8. The molecule has 0 fully saturated rings. The highest BCUT2D eigenvalue weighted by Crippen LogP contribution is 2.20. The Morgan fingerprint density at radius 2 is 0.846 bits per heavy atom. The van der Waals surface area contributed by atoms with Crippen molar-refractivity contribution >= 4 is 0 Å². The molecule has 158 valence electrons. The Balaban J connectivity index is 3.74. The third-order valence-corrected chi connectivity index (χ3v) is 5.68. The Kier molecular flexibility index (Phi) is 23.0. The smallest absolute Gasteiger partial charge is 0.0494 e. The third-order valence-electron chi connectivity index (χ3n) is 5.68. The molecule has 0 amide bonds. The summed E-state index contributed by atoms with van der Waals surface area (Å²) in [5, 5.41) is 0. The van der Waals surface area contributed by atoms with Crippen LogP contribution in [0.1, 0.15) is 143 Å². The molecule has 0 radical (unpaired) electrons. The molecule has 0 aromatic rings. The summed E-state index contributed by atoms with van der Waals surface area (Å²) in [4.78, 5) is 0. The summed E-state index contributed by atoms with van der Waals surface area (Å²) in [6.45, 7) is 8.88. The lowest BCUT2D eigenvalue weighted by Crippen LogP contribution is -2.11. The van der Waals surface area contributed by atoms with Gasteiger partial charge in [-0.3, -0.25) is 0 Å². The second-order valence-corrected chi connectivity index (χ2v) is 8.47. The molecule has 1 unspecified atom stereocenters. The molecule has 0 N–H and O–H groups in total. The maximum Gasteiger partial charge on any atom is 0.0494 e. The molecule has 26 heavy (non-hydrogen) atoms.